The van der Waals surface area contributed by atoms with Gasteiger partial charge in [-0.2, -0.15) is 0 Å². The van der Waals surface area contributed by atoms with Gasteiger partial charge < -0.3 is 19.9 Å². The highest BCUT2D eigenvalue weighted by molar-refractivity contribution is 6.04. The monoisotopic (exact) mass is 577 g/mol. The van der Waals surface area contributed by atoms with E-state index in [1.807, 2.05) is 35.2 Å². The van der Waals surface area contributed by atoms with Crippen LogP contribution in [-0.4, -0.2) is 65.9 Å². The average Bonchev–Trinajstić information content (AvgIpc) is 3.48. The number of carbonyl (C=O) groups is 3. The van der Waals surface area contributed by atoms with Gasteiger partial charge >= 0.3 is 0 Å². The molecule has 2 aliphatic rings. The lowest BCUT2D eigenvalue weighted by Crippen LogP contribution is -2.53. The lowest BCUT2D eigenvalue weighted by atomic mass is 9.97. The lowest BCUT2D eigenvalue weighted by molar-refractivity contribution is -0.142. The maximum absolute atomic E-state index is 13.6. The molecule has 0 saturated carbocycles. The summed E-state index contributed by atoms with van der Waals surface area (Å²) in [5.74, 6) is -0.639. The van der Waals surface area contributed by atoms with Crippen LogP contribution in [0.4, 0.5) is 10.1 Å². The van der Waals surface area contributed by atoms with E-state index in [1.165, 1.54) is 12.1 Å². The minimum Gasteiger partial charge on any atom is -0.372 e. The number of anilines is 1. The third-order valence-corrected chi connectivity index (χ3v) is 8.10. The van der Waals surface area contributed by atoms with Crippen LogP contribution >= 0.6 is 0 Å². The largest absolute Gasteiger partial charge is 0.372 e. The number of carbonyl (C=O) groups excluding carboxylic acids is 3. The standard InChI is InChI=1S/C35H32FN3O4/c36-29-14-10-24(11-15-29)20-27-8-4-5-9-28(27)21-33(40)39-18-19-43-32-23-38(22-31(32)39)35(42)26-12-16-30(17-13-26)37-34(41)25-6-2-1-3-7-25/h1-17,31-32H,18-23H2,(H,37,41)/t31-,32+/m0/s1. The summed E-state index contributed by atoms with van der Waals surface area (Å²) in [5, 5.41) is 2.85. The number of nitrogens with one attached hydrogen (secondary N) is 1. The van der Waals surface area contributed by atoms with Crippen molar-refractivity contribution < 1.29 is 23.5 Å². The predicted octanol–water partition coefficient (Wildman–Crippen LogP) is 4.96. The van der Waals surface area contributed by atoms with Crippen molar-refractivity contribution in [3.63, 3.8) is 0 Å². The summed E-state index contributed by atoms with van der Waals surface area (Å²) in [5.41, 5.74) is 4.59. The van der Waals surface area contributed by atoms with E-state index in [0.717, 1.165) is 16.7 Å². The van der Waals surface area contributed by atoms with Gasteiger partial charge in [0.05, 0.1) is 25.2 Å². The van der Waals surface area contributed by atoms with Crippen LogP contribution in [0.3, 0.4) is 0 Å². The molecule has 0 aliphatic carbocycles. The topological polar surface area (TPSA) is 79.0 Å². The minimum atomic E-state index is -0.275. The quantitative estimate of drug-likeness (QED) is 0.337. The number of hydrogen-bond donors (Lipinski definition) is 1. The molecule has 2 atom stereocenters. The van der Waals surface area contributed by atoms with Gasteiger partial charge in [0.1, 0.15) is 5.82 Å². The fraction of sp³-hybridized carbons (Fsp3) is 0.229. The van der Waals surface area contributed by atoms with Crippen LogP contribution in [0.25, 0.3) is 0 Å². The molecular formula is C35H32FN3O4. The van der Waals surface area contributed by atoms with Crippen LogP contribution in [0.2, 0.25) is 0 Å². The molecule has 7 nitrogen and oxygen atoms in total. The van der Waals surface area contributed by atoms with Gasteiger partial charge in [-0.15, -0.1) is 0 Å². The number of ether oxygens (including phenoxy) is 1. The van der Waals surface area contributed by atoms with Crippen molar-refractivity contribution in [2.75, 3.05) is 31.6 Å². The summed E-state index contributed by atoms with van der Waals surface area (Å²) in [7, 11) is 0. The van der Waals surface area contributed by atoms with Gasteiger partial charge in [-0.3, -0.25) is 14.4 Å². The highest BCUT2D eigenvalue weighted by Crippen LogP contribution is 2.26. The summed E-state index contributed by atoms with van der Waals surface area (Å²) in [6.07, 6.45) is 0.598. The van der Waals surface area contributed by atoms with E-state index < -0.39 is 0 Å². The molecule has 2 saturated heterocycles. The molecule has 6 rings (SSSR count). The number of fused-ring (bicyclic) bond motifs is 1. The highest BCUT2D eigenvalue weighted by atomic mass is 19.1. The molecule has 1 N–H and O–H groups in total. The number of likely N-dealkylation sites (tertiary alicyclic amines) is 1. The Balaban J connectivity index is 1.09. The number of benzene rings is 4. The van der Waals surface area contributed by atoms with E-state index in [0.29, 0.717) is 49.5 Å². The Morgan fingerprint density at radius 1 is 0.791 bits per heavy atom. The van der Waals surface area contributed by atoms with Crippen molar-refractivity contribution in [1.82, 2.24) is 9.80 Å². The molecule has 0 spiro atoms. The van der Waals surface area contributed by atoms with Gasteiger partial charge in [-0.25, -0.2) is 4.39 Å². The highest BCUT2D eigenvalue weighted by Gasteiger charge is 2.43. The Labute approximate surface area is 249 Å². The van der Waals surface area contributed by atoms with Gasteiger partial charge in [0.2, 0.25) is 5.91 Å². The maximum atomic E-state index is 13.6. The van der Waals surface area contributed by atoms with Crippen LogP contribution in [-0.2, 0) is 22.4 Å². The lowest BCUT2D eigenvalue weighted by Gasteiger charge is -2.37. The molecule has 4 aromatic rings. The van der Waals surface area contributed by atoms with E-state index in [1.54, 1.807) is 65.6 Å². The number of amides is 3. The Morgan fingerprint density at radius 3 is 2.23 bits per heavy atom. The fourth-order valence-electron chi connectivity index (χ4n) is 5.82. The SMILES string of the molecule is O=C(Nc1ccc(C(=O)N2C[C@H]3OCCN(C(=O)Cc4ccccc4Cc4ccc(F)cc4)[C@H]3C2)cc1)c1ccccc1. The zero-order chi connectivity index (χ0) is 29.8. The molecule has 2 fully saturated rings. The van der Waals surface area contributed by atoms with Crippen molar-refractivity contribution >= 4 is 23.4 Å². The van der Waals surface area contributed by atoms with Crippen LogP contribution < -0.4 is 5.32 Å². The van der Waals surface area contributed by atoms with Crippen molar-refractivity contribution in [3.8, 4) is 0 Å². The second-order valence-electron chi connectivity index (χ2n) is 10.9. The molecule has 8 heteroatoms. The van der Waals surface area contributed by atoms with Crippen molar-refractivity contribution in [2.24, 2.45) is 0 Å². The molecule has 2 heterocycles. The Bertz CT molecular complexity index is 1610. The van der Waals surface area contributed by atoms with E-state index in [4.69, 9.17) is 4.74 Å². The number of nitrogens with zero attached hydrogens (tertiary/aromatic N) is 2. The molecule has 0 aromatic heterocycles. The first kappa shape index (κ1) is 28.3. The van der Waals surface area contributed by atoms with Crippen LogP contribution in [0, 0.1) is 5.82 Å². The van der Waals surface area contributed by atoms with Gasteiger partial charge in [0.25, 0.3) is 11.8 Å². The van der Waals surface area contributed by atoms with Crippen molar-refractivity contribution in [2.45, 2.75) is 25.0 Å². The van der Waals surface area contributed by atoms with Crippen molar-refractivity contribution in [1.29, 1.82) is 0 Å². The van der Waals surface area contributed by atoms with Crippen LogP contribution in [0.5, 0.6) is 0 Å². The average molecular weight is 578 g/mol. The number of rotatable bonds is 7. The second kappa shape index (κ2) is 12.6. The first-order valence-electron chi connectivity index (χ1n) is 14.4. The van der Waals surface area contributed by atoms with Gasteiger partial charge in [-0.05, 0) is 71.6 Å². The summed E-state index contributed by atoms with van der Waals surface area (Å²) < 4.78 is 19.4. The smallest absolute Gasteiger partial charge is 0.255 e. The molecule has 0 radical (unpaired) electrons. The molecule has 0 bridgehead atoms. The van der Waals surface area contributed by atoms with Gasteiger partial charge in [0.15, 0.2) is 0 Å². The van der Waals surface area contributed by atoms with E-state index in [9.17, 15) is 18.8 Å². The first-order valence-corrected chi connectivity index (χ1v) is 14.4. The predicted molar refractivity (Wildman–Crippen MR) is 161 cm³/mol. The molecule has 43 heavy (non-hydrogen) atoms. The zero-order valence-electron chi connectivity index (χ0n) is 23.6. The zero-order valence-corrected chi connectivity index (χ0v) is 23.6. The molecule has 4 aromatic carbocycles. The molecular weight excluding hydrogens is 545 g/mol. The fourth-order valence-corrected chi connectivity index (χ4v) is 5.82. The van der Waals surface area contributed by atoms with Crippen molar-refractivity contribution in [3.05, 3.63) is 137 Å². The summed E-state index contributed by atoms with van der Waals surface area (Å²) in [4.78, 5) is 43.1. The van der Waals surface area contributed by atoms with E-state index >= 15 is 0 Å². The second-order valence-corrected chi connectivity index (χ2v) is 10.9. The van der Waals surface area contributed by atoms with Crippen LogP contribution in [0.15, 0.2) is 103 Å². The first-order chi connectivity index (χ1) is 20.9. The normalized spacial score (nSPS) is 17.8. The molecule has 2 aliphatic heterocycles. The van der Waals surface area contributed by atoms with Gasteiger partial charge in [0, 0.05) is 36.4 Å². The Kier molecular flexibility index (Phi) is 8.29. The van der Waals surface area contributed by atoms with Crippen LogP contribution in [0.1, 0.15) is 37.4 Å². The summed E-state index contributed by atoms with van der Waals surface area (Å²) in [6.45, 7) is 1.68. The summed E-state index contributed by atoms with van der Waals surface area (Å²) in [6, 6.07) is 29.8. The van der Waals surface area contributed by atoms with Gasteiger partial charge in [-0.1, -0.05) is 54.6 Å². The molecule has 218 valence electrons. The maximum Gasteiger partial charge on any atom is 0.255 e. The minimum absolute atomic E-state index is 0.00216. The third kappa shape index (κ3) is 6.49. The number of halogens is 1. The van der Waals surface area contributed by atoms with E-state index in [2.05, 4.69) is 5.32 Å². The number of morpholine rings is 1. The number of hydrogen-bond acceptors (Lipinski definition) is 4. The molecule has 0 unspecified atom stereocenters. The Hall–Kier alpha value is -4.82. The summed E-state index contributed by atoms with van der Waals surface area (Å²) >= 11 is 0. The third-order valence-electron chi connectivity index (χ3n) is 8.10. The molecule has 3 amide bonds. The van der Waals surface area contributed by atoms with E-state index in [-0.39, 0.29) is 42.1 Å². The Morgan fingerprint density at radius 2 is 1.49 bits per heavy atom.